The predicted molar refractivity (Wildman–Crippen MR) is 113 cm³/mol. The Bertz CT molecular complexity index is 1090. The van der Waals surface area contributed by atoms with Gasteiger partial charge in [0.2, 0.25) is 21.7 Å². The second-order valence-corrected chi connectivity index (χ2v) is 8.86. The van der Waals surface area contributed by atoms with Gasteiger partial charge in [-0.3, -0.25) is 0 Å². The van der Waals surface area contributed by atoms with Crippen LogP contribution < -0.4 is 10.6 Å². The quantitative estimate of drug-likeness (QED) is 0.582. The first-order chi connectivity index (χ1) is 13.8. The molecule has 9 heteroatoms. The molecule has 0 saturated heterocycles. The second-order valence-electron chi connectivity index (χ2n) is 6.71. The highest BCUT2D eigenvalue weighted by Crippen LogP contribution is 2.27. The Labute approximate surface area is 171 Å². The molecule has 1 aromatic heterocycles. The van der Waals surface area contributed by atoms with Gasteiger partial charge in [0, 0.05) is 26.2 Å². The molecule has 0 saturated carbocycles. The molecule has 1 heterocycles. The van der Waals surface area contributed by atoms with Crippen molar-refractivity contribution in [3.8, 4) is 11.4 Å². The molecule has 0 aliphatic rings. The van der Waals surface area contributed by atoms with Crippen LogP contribution in [-0.4, -0.2) is 43.5 Å². The van der Waals surface area contributed by atoms with Crippen molar-refractivity contribution >= 4 is 21.4 Å². The van der Waals surface area contributed by atoms with Crippen LogP contribution >= 0.6 is 0 Å². The molecular weight excluding hydrogens is 390 g/mol. The van der Waals surface area contributed by atoms with Gasteiger partial charge in [0.05, 0.1) is 22.8 Å². The number of nitrogens with one attached hydrogen (secondary N) is 2. The molecule has 0 spiro atoms. The zero-order valence-electron chi connectivity index (χ0n) is 16.9. The van der Waals surface area contributed by atoms with Gasteiger partial charge in [-0.05, 0) is 37.6 Å². The van der Waals surface area contributed by atoms with Crippen LogP contribution in [0.1, 0.15) is 18.4 Å². The van der Waals surface area contributed by atoms with E-state index in [9.17, 15) is 8.42 Å². The Morgan fingerprint density at radius 1 is 1.07 bits per heavy atom. The normalized spacial score (nSPS) is 11.6. The first-order valence-corrected chi connectivity index (χ1v) is 10.7. The zero-order valence-corrected chi connectivity index (χ0v) is 17.7. The molecule has 0 radical (unpaired) electrons. The number of nitrogens with zero attached hydrogens (tertiary/aromatic N) is 3. The van der Waals surface area contributed by atoms with Crippen LogP contribution in [-0.2, 0) is 16.6 Å². The van der Waals surface area contributed by atoms with E-state index in [0.717, 1.165) is 16.8 Å². The molecule has 0 atom stereocenters. The lowest BCUT2D eigenvalue weighted by Gasteiger charge is -2.16. The molecule has 0 fully saturated rings. The molecule has 8 nitrogen and oxygen atoms in total. The fourth-order valence-corrected chi connectivity index (χ4v) is 3.74. The van der Waals surface area contributed by atoms with Crippen molar-refractivity contribution in [3.05, 3.63) is 53.9 Å². The summed E-state index contributed by atoms with van der Waals surface area (Å²) in [5.41, 5.74) is 3.41. The van der Waals surface area contributed by atoms with E-state index in [0.29, 0.717) is 23.9 Å². The largest absolute Gasteiger partial charge is 0.384 e. The van der Waals surface area contributed by atoms with Crippen molar-refractivity contribution in [1.29, 1.82) is 0 Å². The third-order valence-electron chi connectivity index (χ3n) is 4.42. The van der Waals surface area contributed by atoms with Gasteiger partial charge in [-0.15, -0.1) is 0 Å². The van der Waals surface area contributed by atoms with E-state index >= 15 is 0 Å². The molecule has 154 valence electrons. The monoisotopic (exact) mass is 415 g/mol. The van der Waals surface area contributed by atoms with Crippen LogP contribution in [0, 0.1) is 6.92 Å². The third kappa shape index (κ3) is 4.57. The van der Waals surface area contributed by atoms with E-state index < -0.39 is 10.0 Å². The van der Waals surface area contributed by atoms with Crippen LogP contribution in [0.15, 0.2) is 51.9 Å². The SMILES string of the molecule is CCNc1ccc(S(=O)(=O)N(C)C)cc1NCc1nc(-c2ccccc2C)no1. The number of rotatable bonds is 8. The lowest BCUT2D eigenvalue weighted by Crippen LogP contribution is -2.22. The standard InChI is InChI=1S/C20H25N5O3S/c1-5-21-17-11-10-15(29(26,27)25(3)4)12-18(17)22-13-19-23-20(24-28-19)16-9-7-6-8-14(16)2/h6-12,21-22H,5,13H2,1-4H3. The van der Waals surface area contributed by atoms with Gasteiger partial charge >= 0.3 is 0 Å². The number of benzene rings is 2. The number of anilines is 2. The van der Waals surface area contributed by atoms with E-state index in [1.807, 2.05) is 38.1 Å². The van der Waals surface area contributed by atoms with Gasteiger partial charge in [-0.25, -0.2) is 12.7 Å². The van der Waals surface area contributed by atoms with Crippen molar-refractivity contribution in [1.82, 2.24) is 14.4 Å². The molecule has 2 aromatic carbocycles. The Hall–Kier alpha value is -2.91. The summed E-state index contributed by atoms with van der Waals surface area (Å²) >= 11 is 0. The third-order valence-corrected chi connectivity index (χ3v) is 6.23. The molecule has 29 heavy (non-hydrogen) atoms. The van der Waals surface area contributed by atoms with Crippen LogP contribution in [0.2, 0.25) is 0 Å². The fraction of sp³-hybridized carbons (Fsp3) is 0.300. The van der Waals surface area contributed by atoms with E-state index in [2.05, 4.69) is 20.8 Å². The molecule has 0 bridgehead atoms. The minimum absolute atomic E-state index is 0.206. The molecule has 0 aliphatic carbocycles. The molecule has 0 amide bonds. The Morgan fingerprint density at radius 3 is 2.52 bits per heavy atom. The molecule has 0 unspecified atom stereocenters. The van der Waals surface area contributed by atoms with Crippen LogP contribution in [0.4, 0.5) is 11.4 Å². The van der Waals surface area contributed by atoms with Crippen LogP contribution in [0.3, 0.4) is 0 Å². The van der Waals surface area contributed by atoms with E-state index in [4.69, 9.17) is 4.52 Å². The Kier molecular flexibility index (Phi) is 6.19. The smallest absolute Gasteiger partial charge is 0.246 e. The highest BCUT2D eigenvalue weighted by atomic mass is 32.2. The number of sulfonamides is 1. The topological polar surface area (TPSA) is 100 Å². The molecular formula is C20H25N5O3S. The Morgan fingerprint density at radius 2 is 1.83 bits per heavy atom. The molecule has 2 N–H and O–H groups in total. The van der Waals surface area contributed by atoms with Crippen LogP contribution in [0.5, 0.6) is 0 Å². The van der Waals surface area contributed by atoms with Crippen molar-refractivity contribution in [2.45, 2.75) is 25.3 Å². The summed E-state index contributed by atoms with van der Waals surface area (Å²) in [6.45, 7) is 4.93. The minimum Gasteiger partial charge on any atom is -0.384 e. The molecule has 3 rings (SSSR count). The summed E-state index contributed by atoms with van der Waals surface area (Å²) in [5.74, 6) is 0.933. The fourth-order valence-electron chi connectivity index (χ4n) is 2.82. The van der Waals surface area contributed by atoms with Gasteiger partial charge in [-0.2, -0.15) is 4.98 Å². The maximum absolute atomic E-state index is 12.5. The number of hydrogen-bond donors (Lipinski definition) is 2. The van der Waals surface area contributed by atoms with E-state index in [1.165, 1.54) is 18.4 Å². The highest BCUT2D eigenvalue weighted by molar-refractivity contribution is 7.89. The van der Waals surface area contributed by atoms with Crippen molar-refractivity contribution < 1.29 is 12.9 Å². The first kappa shape index (κ1) is 20.8. The van der Waals surface area contributed by atoms with Gasteiger partial charge < -0.3 is 15.2 Å². The maximum Gasteiger partial charge on any atom is 0.246 e. The number of hydrogen-bond acceptors (Lipinski definition) is 7. The second kappa shape index (κ2) is 8.62. The summed E-state index contributed by atoms with van der Waals surface area (Å²) in [6, 6.07) is 12.7. The van der Waals surface area contributed by atoms with Crippen molar-refractivity contribution in [2.24, 2.45) is 0 Å². The predicted octanol–water partition coefficient (Wildman–Crippen LogP) is 3.34. The summed E-state index contributed by atoms with van der Waals surface area (Å²) < 4.78 is 31.5. The van der Waals surface area contributed by atoms with Gasteiger partial charge in [0.25, 0.3) is 0 Å². The van der Waals surface area contributed by atoms with Crippen molar-refractivity contribution in [3.63, 3.8) is 0 Å². The summed E-state index contributed by atoms with van der Waals surface area (Å²) in [5, 5.41) is 10.5. The van der Waals surface area contributed by atoms with E-state index in [1.54, 1.807) is 18.2 Å². The lowest BCUT2D eigenvalue weighted by molar-refractivity contribution is 0.384. The minimum atomic E-state index is -3.54. The van der Waals surface area contributed by atoms with Crippen LogP contribution in [0.25, 0.3) is 11.4 Å². The van der Waals surface area contributed by atoms with E-state index in [-0.39, 0.29) is 11.4 Å². The average Bonchev–Trinajstić information content (AvgIpc) is 3.16. The van der Waals surface area contributed by atoms with Gasteiger partial charge in [-0.1, -0.05) is 29.4 Å². The molecule has 3 aromatic rings. The summed E-state index contributed by atoms with van der Waals surface area (Å²) in [4.78, 5) is 4.65. The lowest BCUT2D eigenvalue weighted by atomic mass is 10.1. The zero-order chi connectivity index (χ0) is 21.0. The number of aryl methyl sites for hydroxylation is 1. The summed E-state index contributed by atoms with van der Waals surface area (Å²) in [7, 11) is -0.524. The highest BCUT2D eigenvalue weighted by Gasteiger charge is 2.19. The average molecular weight is 416 g/mol. The van der Waals surface area contributed by atoms with Gasteiger partial charge in [0.1, 0.15) is 0 Å². The first-order valence-electron chi connectivity index (χ1n) is 9.26. The maximum atomic E-state index is 12.5. The Balaban J connectivity index is 1.83. The van der Waals surface area contributed by atoms with Gasteiger partial charge in [0.15, 0.2) is 0 Å². The van der Waals surface area contributed by atoms with Crippen molar-refractivity contribution in [2.75, 3.05) is 31.3 Å². The molecule has 0 aliphatic heterocycles. The number of aromatic nitrogens is 2. The summed E-state index contributed by atoms with van der Waals surface area (Å²) in [6.07, 6.45) is 0.